The van der Waals surface area contributed by atoms with Crippen molar-refractivity contribution in [1.29, 1.82) is 0 Å². The molecule has 0 aliphatic carbocycles. The first kappa shape index (κ1) is 14.3. The molecular weight excluding hydrogens is 280 g/mol. The van der Waals surface area contributed by atoms with Crippen LogP contribution in [0.25, 0.3) is 0 Å². The van der Waals surface area contributed by atoms with E-state index in [-0.39, 0.29) is 22.4 Å². The van der Waals surface area contributed by atoms with E-state index in [0.29, 0.717) is 0 Å². The average molecular weight is 290 g/mol. The molecule has 1 aromatic carbocycles. The van der Waals surface area contributed by atoms with Crippen LogP contribution in [-0.2, 0) is 9.59 Å². The summed E-state index contributed by atoms with van der Waals surface area (Å²) in [6, 6.07) is 5.26. The van der Waals surface area contributed by atoms with E-state index in [2.05, 4.69) is 5.32 Å². The molecule has 0 saturated heterocycles. The molecule has 0 atom stereocenters. The van der Waals surface area contributed by atoms with E-state index in [1.54, 1.807) is 0 Å². The molecule has 1 aliphatic heterocycles. The van der Waals surface area contributed by atoms with E-state index in [1.807, 2.05) is 0 Å². The van der Waals surface area contributed by atoms with Gasteiger partial charge >= 0.3 is 11.9 Å². The fraction of sp³-hybridized carbons (Fsp3) is 0.0769. The van der Waals surface area contributed by atoms with Crippen LogP contribution < -0.4 is 5.32 Å². The Hall–Kier alpha value is -3.16. The molecule has 1 heterocycles. The minimum atomic E-state index is -1.30. The largest absolute Gasteiger partial charge is 0.478 e. The second kappa shape index (κ2) is 5.45. The summed E-state index contributed by atoms with van der Waals surface area (Å²) in [4.78, 5) is 32.7. The Morgan fingerprint density at radius 2 is 1.71 bits per heavy atom. The highest BCUT2D eigenvalue weighted by Gasteiger charge is 2.32. The van der Waals surface area contributed by atoms with Crippen molar-refractivity contribution in [2.45, 2.75) is 5.92 Å². The number of carboxylic acids is 2. The number of dihydropyridines is 1. The quantitative estimate of drug-likeness (QED) is 0.561. The summed E-state index contributed by atoms with van der Waals surface area (Å²) < 4.78 is 0. The van der Waals surface area contributed by atoms with Crippen molar-refractivity contribution < 1.29 is 24.7 Å². The molecular formula is C13H10N2O6. The van der Waals surface area contributed by atoms with Gasteiger partial charge in [0.2, 0.25) is 0 Å². The first-order valence-electron chi connectivity index (χ1n) is 5.79. The molecule has 0 bridgehead atoms. The number of nitro benzene ring substituents is 1. The van der Waals surface area contributed by atoms with Gasteiger partial charge in [-0.05, 0) is 5.56 Å². The van der Waals surface area contributed by atoms with E-state index < -0.39 is 22.8 Å². The minimum absolute atomic E-state index is 0.199. The van der Waals surface area contributed by atoms with E-state index >= 15 is 0 Å². The van der Waals surface area contributed by atoms with Crippen LogP contribution in [-0.4, -0.2) is 27.1 Å². The Morgan fingerprint density at radius 3 is 2.19 bits per heavy atom. The van der Waals surface area contributed by atoms with Crippen LogP contribution >= 0.6 is 0 Å². The molecule has 0 radical (unpaired) electrons. The van der Waals surface area contributed by atoms with Crippen LogP contribution in [0.4, 0.5) is 5.69 Å². The van der Waals surface area contributed by atoms with Crippen LogP contribution in [0, 0.1) is 10.1 Å². The van der Waals surface area contributed by atoms with Crippen molar-refractivity contribution in [3.05, 3.63) is 63.5 Å². The van der Waals surface area contributed by atoms with Crippen molar-refractivity contribution in [2.75, 3.05) is 0 Å². The molecule has 1 aliphatic rings. The van der Waals surface area contributed by atoms with Crippen LogP contribution in [0.15, 0.2) is 47.8 Å². The van der Waals surface area contributed by atoms with Crippen molar-refractivity contribution in [1.82, 2.24) is 5.32 Å². The molecule has 0 fully saturated rings. The Balaban J connectivity index is 2.56. The van der Waals surface area contributed by atoms with Crippen LogP contribution in [0.5, 0.6) is 0 Å². The number of carbonyl (C=O) groups is 2. The van der Waals surface area contributed by atoms with Gasteiger partial charge in [0.05, 0.1) is 22.0 Å². The van der Waals surface area contributed by atoms with Crippen molar-refractivity contribution >= 4 is 17.6 Å². The zero-order chi connectivity index (χ0) is 15.6. The van der Waals surface area contributed by atoms with Gasteiger partial charge in [-0.2, -0.15) is 0 Å². The smallest absolute Gasteiger partial charge is 0.334 e. The molecule has 108 valence electrons. The van der Waals surface area contributed by atoms with E-state index in [1.165, 1.54) is 24.3 Å². The lowest BCUT2D eigenvalue weighted by Crippen LogP contribution is -2.24. The molecule has 3 N–H and O–H groups in total. The first-order valence-corrected chi connectivity index (χ1v) is 5.79. The van der Waals surface area contributed by atoms with Crippen LogP contribution in [0.1, 0.15) is 11.5 Å². The highest BCUT2D eigenvalue weighted by atomic mass is 16.6. The Bertz CT molecular complexity index is 662. The number of nitro groups is 1. The summed E-state index contributed by atoms with van der Waals surface area (Å²) in [7, 11) is 0. The van der Waals surface area contributed by atoms with Gasteiger partial charge in [-0.15, -0.1) is 0 Å². The maximum absolute atomic E-state index is 11.3. The number of nitrogens with one attached hydrogen (secondary N) is 1. The summed E-state index contributed by atoms with van der Waals surface area (Å²) in [6.45, 7) is 0. The van der Waals surface area contributed by atoms with Crippen LogP contribution in [0.2, 0.25) is 0 Å². The van der Waals surface area contributed by atoms with Gasteiger partial charge in [-0.25, -0.2) is 9.59 Å². The molecule has 0 unspecified atom stereocenters. The fourth-order valence-corrected chi connectivity index (χ4v) is 2.10. The molecule has 8 nitrogen and oxygen atoms in total. The number of carboxylic acid groups (broad SMARTS) is 2. The normalized spacial score (nSPS) is 14.7. The summed E-state index contributed by atoms with van der Waals surface area (Å²) >= 11 is 0. The second-order valence-electron chi connectivity index (χ2n) is 4.26. The zero-order valence-corrected chi connectivity index (χ0v) is 10.5. The van der Waals surface area contributed by atoms with Gasteiger partial charge in [0.1, 0.15) is 0 Å². The van der Waals surface area contributed by atoms with E-state index in [0.717, 1.165) is 12.4 Å². The lowest BCUT2D eigenvalue weighted by atomic mass is 9.83. The Kier molecular flexibility index (Phi) is 3.70. The molecule has 0 saturated carbocycles. The van der Waals surface area contributed by atoms with Gasteiger partial charge in [0.15, 0.2) is 0 Å². The number of hydrogen-bond acceptors (Lipinski definition) is 5. The molecule has 1 aromatic rings. The lowest BCUT2D eigenvalue weighted by molar-refractivity contribution is -0.384. The van der Waals surface area contributed by atoms with Gasteiger partial charge in [-0.3, -0.25) is 10.1 Å². The third kappa shape index (κ3) is 2.73. The monoisotopic (exact) mass is 290 g/mol. The summed E-state index contributed by atoms with van der Waals surface area (Å²) in [5, 5.41) is 31.6. The maximum Gasteiger partial charge on any atom is 0.334 e. The van der Waals surface area contributed by atoms with E-state index in [9.17, 15) is 29.9 Å². The third-order valence-corrected chi connectivity index (χ3v) is 3.01. The standard InChI is InChI=1S/C13H10N2O6/c16-12(17)9-5-14-6-10(13(18)19)11(9)7-2-1-3-8(4-7)15(20)21/h1-6,11,14H,(H,16,17)(H,18,19). The highest BCUT2D eigenvalue weighted by Crippen LogP contribution is 2.35. The Labute approximate surface area is 118 Å². The molecule has 0 amide bonds. The molecule has 0 spiro atoms. The minimum Gasteiger partial charge on any atom is -0.478 e. The van der Waals surface area contributed by atoms with Gasteiger partial charge in [0, 0.05) is 24.5 Å². The van der Waals surface area contributed by atoms with Gasteiger partial charge < -0.3 is 15.5 Å². The maximum atomic E-state index is 11.3. The zero-order valence-electron chi connectivity index (χ0n) is 10.5. The van der Waals surface area contributed by atoms with Crippen molar-refractivity contribution in [2.24, 2.45) is 0 Å². The molecule has 21 heavy (non-hydrogen) atoms. The van der Waals surface area contributed by atoms with Crippen LogP contribution in [0.3, 0.4) is 0 Å². The molecule has 2 rings (SSSR count). The third-order valence-electron chi connectivity index (χ3n) is 3.01. The second-order valence-corrected chi connectivity index (χ2v) is 4.26. The van der Waals surface area contributed by atoms with E-state index in [4.69, 9.17) is 0 Å². The predicted molar refractivity (Wildman–Crippen MR) is 70.4 cm³/mol. The predicted octanol–water partition coefficient (Wildman–Crippen LogP) is 1.22. The number of nitrogens with zero attached hydrogens (tertiary/aromatic N) is 1. The average Bonchev–Trinajstić information content (AvgIpc) is 2.46. The lowest BCUT2D eigenvalue weighted by Gasteiger charge is -2.22. The van der Waals surface area contributed by atoms with Gasteiger partial charge in [-0.1, -0.05) is 12.1 Å². The fourth-order valence-electron chi connectivity index (χ4n) is 2.10. The number of benzene rings is 1. The number of non-ortho nitro benzene ring substituents is 1. The number of rotatable bonds is 4. The number of hydrogen-bond donors (Lipinski definition) is 3. The highest BCUT2D eigenvalue weighted by molar-refractivity contribution is 5.97. The van der Waals surface area contributed by atoms with Crippen molar-refractivity contribution in [3.63, 3.8) is 0 Å². The summed E-state index contributed by atoms with van der Waals surface area (Å²) in [6.07, 6.45) is 2.33. The van der Waals surface area contributed by atoms with Gasteiger partial charge in [0.25, 0.3) is 5.69 Å². The van der Waals surface area contributed by atoms with Crippen molar-refractivity contribution in [3.8, 4) is 0 Å². The number of aliphatic carboxylic acids is 2. The topological polar surface area (TPSA) is 130 Å². The first-order chi connectivity index (χ1) is 9.91. The Morgan fingerprint density at radius 1 is 1.14 bits per heavy atom. The molecule has 0 aromatic heterocycles. The summed E-state index contributed by atoms with van der Waals surface area (Å²) in [5.74, 6) is -3.68. The SMILES string of the molecule is O=C(O)C1=CNC=C(C(=O)O)C1c1cccc([N+](=O)[O-])c1. The summed E-state index contributed by atoms with van der Waals surface area (Å²) in [5.41, 5.74) is -0.403. The molecule has 8 heteroatoms.